The van der Waals surface area contributed by atoms with Gasteiger partial charge >= 0.3 is 0 Å². The number of ether oxygens (including phenoxy) is 2. The summed E-state index contributed by atoms with van der Waals surface area (Å²) >= 11 is 0. The second-order valence-corrected chi connectivity index (χ2v) is 10.6. The van der Waals surface area contributed by atoms with Crippen molar-refractivity contribution in [3.8, 4) is 0 Å². The zero-order valence-electron chi connectivity index (χ0n) is 18.6. The van der Waals surface area contributed by atoms with Gasteiger partial charge in [0.2, 0.25) is 15.0 Å². The lowest BCUT2D eigenvalue weighted by Gasteiger charge is -2.28. The summed E-state index contributed by atoms with van der Waals surface area (Å²) in [5.74, 6) is 0.472. The summed E-state index contributed by atoms with van der Waals surface area (Å²) in [7, 11) is 0.304. The quantitative estimate of drug-likeness (QED) is 0.516. The first-order valence-corrected chi connectivity index (χ1v) is 12.9. The smallest absolute Gasteiger partial charge is 0.227 e. The van der Waals surface area contributed by atoms with Crippen molar-refractivity contribution >= 4 is 9.84 Å². The van der Waals surface area contributed by atoms with Crippen molar-refractivity contribution < 1.29 is 17.9 Å². The van der Waals surface area contributed by atoms with Gasteiger partial charge in [-0.05, 0) is 25.8 Å². The van der Waals surface area contributed by atoms with E-state index >= 15 is 0 Å². The van der Waals surface area contributed by atoms with Crippen molar-refractivity contribution in [2.45, 2.75) is 50.4 Å². The molecule has 0 N–H and O–H groups in total. The molecular weight excluding hydrogens is 404 g/mol. The molecule has 1 aliphatic carbocycles. The number of morpholine rings is 1. The molecule has 1 saturated heterocycles. The summed E-state index contributed by atoms with van der Waals surface area (Å²) < 4.78 is 38.8. The maximum Gasteiger partial charge on any atom is 0.227 e. The number of hydrogen-bond acceptors (Lipinski definition) is 7. The van der Waals surface area contributed by atoms with Crippen molar-refractivity contribution in [3.05, 3.63) is 11.9 Å². The largest absolute Gasteiger partial charge is 0.383 e. The van der Waals surface area contributed by atoms with E-state index in [0.29, 0.717) is 19.7 Å². The SMILES string of the molecule is COCCn1c(CN(C)CCN2CCOCC2)cnc1S(=O)(=O)CC1CCCCC1. The minimum absolute atomic E-state index is 0.210. The number of rotatable bonds is 11. The van der Waals surface area contributed by atoms with Gasteiger partial charge in [0, 0.05) is 46.4 Å². The maximum absolute atomic E-state index is 13.2. The Labute approximate surface area is 181 Å². The molecule has 0 atom stereocenters. The average Bonchev–Trinajstić information content (AvgIpc) is 3.15. The fourth-order valence-electron chi connectivity index (χ4n) is 4.42. The van der Waals surface area contributed by atoms with E-state index in [-0.39, 0.29) is 16.8 Å². The lowest BCUT2D eigenvalue weighted by Crippen LogP contribution is -2.40. The lowest BCUT2D eigenvalue weighted by molar-refractivity contribution is 0.0341. The Balaban J connectivity index is 1.65. The Kier molecular flexibility index (Phi) is 9.13. The highest BCUT2D eigenvalue weighted by Crippen LogP contribution is 2.27. The van der Waals surface area contributed by atoms with Crippen LogP contribution in [0.5, 0.6) is 0 Å². The molecule has 0 aromatic carbocycles. The van der Waals surface area contributed by atoms with E-state index < -0.39 is 9.84 Å². The molecule has 8 nitrogen and oxygen atoms in total. The van der Waals surface area contributed by atoms with Gasteiger partial charge in [0.15, 0.2) is 0 Å². The molecule has 9 heteroatoms. The first-order chi connectivity index (χ1) is 14.5. The van der Waals surface area contributed by atoms with Crippen LogP contribution in [-0.2, 0) is 32.4 Å². The van der Waals surface area contributed by atoms with E-state index in [1.807, 2.05) is 4.57 Å². The second-order valence-electron chi connectivity index (χ2n) is 8.65. The van der Waals surface area contributed by atoms with Crippen LogP contribution < -0.4 is 0 Å². The van der Waals surface area contributed by atoms with Crippen LogP contribution in [0.2, 0.25) is 0 Å². The Morgan fingerprint density at radius 3 is 2.63 bits per heavy atom. The monoisotopic (exact) mass is 442 g/mol. The Morgan fingerprint density at radius 2 is 1.93 bits per heavy atom. The highest BCUT2D eigenvalue weighted by Gasteiger charge is 2.28. The minimum atomic E-state index is -3.41. The highest BCUT2D eigenvalue weighted by atomic mass is 32.2. The fraction of sp³-hybridized carbons (Fsp3) is 0.857. The van der Waals surface area contributed by atoms with Crippen molar-refractivity contribution in [2.75, 3.05) is 65.9 Å². The van der Waals surface area contributed by atoms with Gasteiger partial charge in [-0.2, -0.15) is 0 Å². The van der Waals surface area contributed by atoms with Crippen LogP contribution in [0.4, 0.5) is 0 Å². The fourth-order valence-corrected chi connectivity index (χ4v) is 6.28. The molecule has 2 heterocycles. The van der Waals surface area contributed by atoms with E-state index in [4.69, 9.17) is 9.47 Å². The van der Waals surface area contributed by atoms with Crippen LogP contribution >= 0.6 is 0 Å². The maximum atomic E-state index is 13.2. The lowest BCUT2D eigenvalue weighted by atomic mass is 9.91. The summed E-state index contributed by atoms with van der Waals surface area (Å²) in [5.41, 5.74) is 0.929. The van der Waals surface area contributed by atoms with Gasteiger partial charge in [0.05, 0.1) is 37.5 Å². The van der Waals surface area contributed by atoms with Gasteiger partial charge in [-0.15, -0.1) is 0 Å². The predicted octanol–water partition coefficient (Wildman–Crippen LogP) is 1.65. The Bertz CT molecular complexity index is 740. The third kappa shape index (κ3) is 6.75. The summed E-state index contributed by atoms with van der Waals surface area (Å²) in [6.45, 7) is 7.09. The number of imidazole rings is 1. The van der Waals surface area contributed by atoms with E-state index in [0.717, 1.165) is 70.8 Å². The van der Waals surface area contributed by atoms with Gasteiger partial charge < -0.3 is 14.0 Å². The molecule has 1 aromatic heterocycles. The molecule has 172 valence electrons. The Hall–Kier alpha value is -1.000. The standard InChI is InChI=1S/C21H38N4O4S/c1-23(8-9-24-10-14-29-15-11-24)17-20-16-22-21(25(20)12-13-28-2)30(26,27)18-19-6-4-3-5-7-19/h16,19H,3-15,17-18H2,1-2H3. The van der Waals surface area contributed by atoms with E-state index in [9.17, 15) is 8.42 Å². The zero-order chi connectivity index (χ0) is 21.4. The summed E-state index contributed by atoms with van der Waals surface area (Å²) in [5, 5.41) is 0.210. The topological polar surface area (TPSA) is 76.9 Å². The molecule has 1 aliphatic heterocycles. The number of methoxy groups -OCH3 is 1. The summed E-state index contributed by atoms with van der Waals surface area (Å²) in [4.78, 5) is 9.01. The number of aromatic nitrogens is 2. The average molecular weight is 443 g/mol. The highest BCUT2D eigenvalue weighted by molar-refractivity contribution is 7.91. The first-order valence-electron chi connectivity index (χ1n) is 11.2. The van der Waals surface area contributed by atoms with Crippen molar-refractivity contribution in [3.63, 3.8) is 0 Å². The molecule has 0 amide bonds. The predicted molar refractivity (Wildman–Crippen MR) is 116 cm³/mol. The van der Waals surface area contributed by atoms with Crippen molar-refractivity contribution in [2.24, 2.45) is 5.92 Å². The third-order valence-electron chi connectivity index (χ3n) is 6.21. The minimum Gasteiger partial charge on any atom is -0.383 e. The molecule has 2 fully saturated rings. The molecule has 0 unspecified atom stereocenters. The molecule has 2 aliphatic rings. The first kappa shape index (κ1) is 23.7. The van der Waals surface area contributed by atoms with Crippen LogP contribution in [0.1, 0.15) is 37.8 Å². The molecule has 30 heavy (non-hydrogen) atoms. The van der Waals surface area contributed by atoms with Crippen LogP contribution in [0.3, 0.4) is 0 Å². The van der Waals surface area contributed by atoms with Crippen molar-refractivity contribution in [1.82, 2.24) is 19.4 Å². The molecule has 1 aromatic rings. The summed E-state index contributed by atoms with van der Waals surface area (Å²) in [6.07, 6.45) is 7.24. The normalized spacial score (nSPS) is 19.6. The molecule has 3 rings (SSSR count). The third-order valence-corrected chi connectivity index (χ3v) is 8.00. The number of sulfone groups is 1. The van der Waals surface area contributed by atoms with Gasteiger partial charge in [-0.1, -0.05) is 19.3 Å². The summed E-state index contributed by atoms with van der Waals surface area (Å²) in [6, 6.07) is 0. The number of nitrogens with zero attached hydrogens (tertiary/aromatic N) is 4. The molecule has 0 spiro atoms. The van der Waals surface area contributed by atoms with Crippen LogP contribution in [0.25, 0.3) is 0 Å². The van der Waals surface area contributed by atoms with Gasteiger partial charge in [0.25, 0.3) is 0 Å². The molecular formula is C21H38N4O4S. The molecule has 0 radical (unpaired) electrons. The molecule has 1 saturated carbocycles. The Morgan fingerprint density at radius 1 is 1.20 bits per heavy atom. The number of likely N-dealkylation sites (N-methyl/N-ethyl adjacent to an activating group) is 1. The van der Waals surface area contributed by atoms with E-state index in [1.54, 1.807) is 13.3 Å². The van der Waals surface area contributed by atoms with Gasteiger partial charge in [0.1, 0.15) is 0 Å². The number of hydrogen-bond donors (Lipinski definition) is 0. The van der Waals surface area contributed by atoms with Gasteiger partial charge in [-0.25, -0.2) is 13.4 Å². The van der Waals surface area contributed by atoms with Gasteiger partial charge in [-0.3, -0.25) is 9.80 Å². The van der Waals surface area contributed by atoms with Crippen molar-refractivity contribution in [1.29, 1.82) is 0 Å². The van der Waals surface area contributed by atoms with E-state index in [2.05, 4.69) is 21.8 Å². The zero-order valence-corrected chi connectivity index (χ0v) is 19.4. The van der Waals surface area contributed by atoms with E-state index in [1.165, 1.54) is 6.42 Å². The van der Waals surface area contributed by atoms with Crippen LogP contribution in [0, 0.1) is 5.92 Å². The molecule has 0 bridgehead atoms. The van der Waals surface area contributed by atoms with Crippen LogP contribution in [0.15, 0.2) is 11.4 Å². The van der Waals surface area contributed by atoms with Crippen LogP contribution in [-0.4, -0.2) is 93.7 Å². The second kappa shape index (κ2) is 11.6.